The molecular formula is C22H23FN2O2S. The largest absolute Gasteiger partial charge is 0.486 e. The van der Waals surface area contributed by atoms with E-state index in [4.69, 9.17) is 4.74 Å². The van der Waals surface area contributed by atoms with Crippen LogP contribution < -0.4 is 4.74 Å². The van der Waals surface area contributed by atoms with Crippen molar-refractivity contribution in [1.82, 2.24) is 9.88 Å². The minimum Gasteiger partial charge on any atom is -0.486 e. The summed E-state index contributed by atoms with van der Waals surface area (Å²) in [7, 11) is 1.75. The number of ether oxygens (including phenoxy) is 1. The van der Waals surface area contributed by atoms with Gasteiger partial charge in [0.25, 0.3) is 0 Å². The lowest BCUT2D eigenvalue weighted by atomic mass is 10.1. The third-order valence-corrected chi connectivity index (χ3v) is 5.51. The summed E-state index contributed by atoms with van der Waals surface area (Å²) in [5, 5.41) is 2.72. The Hall–Kier alpha value is -2.73. The fourth-order valence-corrected chi connectivity index (χ4v) is 3.44. The van der Waals surface area contributed by atoms with E-state index in [1.165, 1.54) is 29.0 Å². The average Bonchev–Trinajstić information content (AvgIpc) is 3.14. The summed E-state index contributed by atoms with van der Waals surface area (Å²) < 4.78 is 18.8. The summed E-state index contributed by atoms with van der Waals surface area (Å²) >= 11 is 1.48. The van der Waals surface area contributed by atoms with E-state index in [2.05, 4.69) is 4.98 Å². The van der Waals surface area contributed by atoms with Crippen molar-refractivity contribution in [3.05, 3.63) is 81.6 Å². The summed E-state index contributed by atoms with van der Waals surface area (Å²) in [5.41, 5.74) is 2.81. The van der Waals surface area contributed by atoms with Crippen LogP contribution in [0.3, 0.4) is 0 Å². The molecule has 0 radical (unpaired) electrons. The number of hydrogen-bond acceptors (Lipinski definition) is 4. The van der Waals surface area contributed by atoms with Crippen LogP contribution in [0.1, 0.15) is 34.8 Å². The highest BCUT2D eigenvalue weighted by Gasteiger charge is 2.19. The predicted octanol–water partition coefficient (Wildman–Crippen LogP) is 4.93. The number of halogens is 1. The minimum atomic E-state index is -0.284. The first-order chi connectivity index (χ1) is 13.4. The molecule has 0 aliphatic heterocycles. The second-order valence-electron chi connectivity index (χ2n) is 6.74. The minimum absolute atomic E-state index is 0.0341. The quantitative estimate of drug-likeness (QED) is 0.567. The highest BCUT2D eigenvalue weighted by Crippen LogP contribution is 2.21. The summed E-state index contributed by atoms with van der Waals surface area (Å²) in [6.45, 7) is 4.33. The van der Waals surface area contributed by atoms with Crippen molar-refractivity contribution in [2.75, 3.05) is 7.05 Å². The van der Waals surface area contributed by atoms with Crippen LogP contribution in [-0.4, -0.2) is 22.8 Å². The van der Waals surface area contributed by atoms with Crippen molar-refractivity contribution in [3.8, 4) is 5.75 Å². The molecule has 0 aliphatic rings. The molecule has 1 unspecified atom stereocenters. The van der Waals surface area contributed by atoms with Gasteiger partial charge in [0.15, 0.2) is 0 Å². The van der Waals surface area contributed by atoms with E-state index < -0.39 is 0 Å². The van der Waals surface area contributed by atoms with E-state index in [-0.39, 0.29) is 24.2 Å². The van der Waals surface area contributed by atoms with Crippen LogP contribution in [0.25, 0.3) is 0 Å². The highest BCUT2D eigenvalue weighted by molar-refractivity contribution is 7.09. The number of thiazole rings is 1. The van der Waals surface area contributed by atoms with Crippen LogP contribution in [0, 0.1) is 12.7 Å². The lowest BCUT2D eigenvalue weighted by Gasteiger charge is -2.25. The molecular weight excluding hydrogens is 375 g/mol. The van der Waals surface area contributed by atoms with Crippen LogP contribution in [0.4, 0.5) is 4.39 Å². The van der Waals surface area contributed by atoms with E-state index in [1.807, 2.05) is 43.5 Å². The van der Waals surface area contributed by atoms with Crippen LogP contribution in [0.2, 0.25) is 0 Å². The zero-order chi connectivity index (χ0) is 20.1. The molecule has 0 spiro atoms. The molecule has 0 bridgehead atoms. The van der Waals surface area contributed by atoms with Gasteiger partial charge in [-0.3, -0.25) is 4.79 Å². The maximum Gasteiger partial charge on any atom is 0.228 e. The Labute approximate surface area is 168 Å². The molecule has 6 heteroatoms. The summed E-state index contributed by atoms with van der Waals surface area (Å²) in [6.07, 6.45) is 0.225. The molecule has 0 saturated carbocycles. The lowest BCUT2D eigenvalue weighted by Crippen LogP contribution is -2.31. The first-order valence-electron chi connectivity index (χ1n) is 9.06. The SMILES string of the molecule is Cc1ccc(OCc2nc(CC(=O)N(C)C(C)c3ccc(F)cc3)cs2)cc1. The van der Waals surface area contributed by atoms with Crippen molar-refractivity contribution >= 4 is 17.2 Å². The van der Waals surface area contributed by atoms with Gasteiger partial charge in [0.1, 0.15) is 23.2 Å². The molecule has 1 amide bonds. The van der Waals surface area contributed by atoms with Gasteiger partial charge in [0.2, 0.25) is 5.91 Å². The number of hydrogen-bond donors (Lipinski definition) is 0. The number of rotatable bonds is 7. The maximum atomic E-state index is 13.1. The van der Waals surface area contributed by atoms with E-state index in [9.17, 15) is 9.18 Å². The van der Waals surface area contributed by atoms with Gasteiger partial charge in [-0.25, -0.2) is 9.37 Å². The molecule has 0 N–H and O–H groups in total. The van der Waals surface area contributed by atoms with Gasteiger partial charge < -0.3 is 9.64 Å². The third-order valence-electron chi connectivity index (χ3n) is 4.64. The highest BCUT2D eigenvalue weighted by atomic mass is 32.1. The number of amides is 1. The first-order valence-corrected chi connectivity index (χ1v) is 9.94. The van der Waals surface area contributed by atoms with Crippen molar-refractivity contribution in [2.24, 2.45) is 0 Å². The molecule has 3 rings (SSSR count). The Kier molecular flexibility index (Phi) is 6.41. The van der Waals surface area contributed by atoms with Gasteiger partial charge >= 0.3 is 0 Å². The van der Waals surface area contributed by atoms with Crippen molar-refractivity contribution < 1.29 is 13.9 Å². The molecule has 3 aromatic rings. The Morgan fingerprint density at radius 1 is 1.18 bits per heavy atom. The van der Waals surface area contributed by atoms with Crippen LogP contribution >= 0.6 is 11.3 Å². The summed E-state index contributed by atoms with van der Waals surface area (Å²) in [5.74, 6) is 0.479. The fraction of sp³-hybridized carbons (Fsp3) is 0.273. The Morgan fingerprint density at radius 2 is 1.86 bits per heavy atom. The van der Waals surface area contributed by atoms with Gasteiger partial charge in [-0.1, -0.05) is 29.8 Å². The topological polar surface area (TPSA) is 42.4 Å². The smallest absolute Gasteiger partial charge is 0.228 e. The van der Waals surface area contributed by atoms with Gasteiger partial charge in [-0.2, -0.15) is 0 Å². The summed E-state index contributed by atoms with van der Waals surface area (Å²) in [6, 6.07) is 13.9. The van der Waals surface area contributed by atoms with E-state index in [1.54, 1.807) is 24.1 Å². The number of aryl methyl sites for hydroxylation is 1. The maximum absolute atomic E-state index is 13.1. The number of nitrogens with zero attached hydrogens (tertiary/aromatic N) is 2. The second-order valence-corrected chi connectivity index (χ2v) is 7.69. The van der Waals surface area contributed by atoms with E-state index >= 15 is 0 Å². The normalized spacial score (nSPS) is 11.9. The first kappa shape index (κ1) is 20.0. The second kappa shape index (κ2) is 8.97. The van der Waals surface area contributed by atoms with Crippen molar-refractivity contribution in [2.45, 2.75) is 32.9 Å². The zero-order valence-electron chi connectivity index (χ0n) is 16.2. The zero-order valence-corrected chi connectivity index (χ0v) is 17.0. The molecule has 4 nitrogen and oxygen atoms in total. The van der Waals surface area contributed by atoms with E-state index in [0.717, 1.165) is 22.0 Å². The molecule has 0 fully saturated rings. The molecule has 146 valence electrons. The van der Waals surface area contributed by atoms with Gasteiger partial charge in [0.05, 0.1) is 18.2 Å². The molecule has 1 aromatic heterocycles. The predicted molar refractivity (Wildman–Crippen MR) is 109 cm³/mol. The van der Waals surface area contributed by atoms with E-state index in [0.29, 0.717) is 6.61 Å². The van der Waals surface area contributed by atoms with Crippen molar-refractivity contribution in [1.29, 1.82) is 0 Å². The van der Waals surface area contributed by atoms with Gasteiger partial charge in [-0.05, 0) is 43.7 Å². The Balaban J connectivity index is 1.55. The molecule has 1 heterocycles. The van der Waals surface area contributed by atoms with Crippen LogP contribution in [-0.2, 0) is 17.8 Å². The third kappa shape index (κ3) is 5.16. The molecule has 1 atom stereocenters. The lowest BCUT2D eigenvalue weighted by molar-refractivity contribution is -0.131. The average molecular weight is 399 g/mol. The monoisotopic (exact) mass is 398 g/mol. The van der Waals surface area contributed by atoms with Crippen LogP contribution in [0.5, 0.6) is 5.75 Å². The van der Waals surface area contributed by atoms with Gasteiger partial charge in [-0.15, -0.1) is 11.3 Å². The number of carbonyl (C=O) groups is 1. The molecule has 0 aliphatic carbocycles. The Bertz CT molecular complexity index is 922. The van der Waals surface area contributed by atoms with Crippen molar-refractivity contribution in [3.63, 3.8) is 0 Å². The fourth-order valence-electron chi connectivity index (χ4n) is 2.74. The molecule has 2 aromatic carbocycles. The number of likely N-dealkylation sites (N-methyl/N-ethyl adjacent to an activating group) is 1. The molecule has 0 saturated heterocycles. The number of benzene rings is 2. The standard InChI is InChI=1S/C22H23FN2O2S/c1-15-4-10-20(11-5-15)27-13-21-24-19(14-28-21)12-22(26)25(3)16(2)17-6-8-18(23)9-7-17/h4-11,14,16H,12-13H2,1-3H3. The molecule has 28 heavy (non-hydrogen) atoms. The summed E-state index contributed by atoms with van der Waals surface area (Å²) in [4.78, 5) is 18.8. The Morgan fingerprint density at radius 3 is 2.54 bits per heavy atom. The number of carbonyl (C=O) groups excluding carboxylic acids is 1. The van der Waals surface area contributed by atoms with Gasteiger partial charge in [0, 0.05) is 12.4 Å². The van der Waals surface area contributed by atoms with Crippen LogP contribution in [0.15, 0.2) is 53.9 Å². The number of aromatic nitrogens is 1.